The molecule has 72 valence electrons. The summed E-state index contributed by atoms with van der Waals surface area (Å²) in [4.78, 5) is 11.3. The van der Waals surface area contributed by atoms with Crippen molar-refractivity contribution in [3.63, 3.8) is 0 Å². The summed E-state index contributed by atoms with van der Waals surface area (Å²) in [7, 11) is 3.60. The van der Waals surface area contributed by atoms with Crippen LogP contribution in [0, 0.1) is 5.92 Å². The average Bonchev–Trinajstić information content (AvgIpc) is 1.98. The van der Waals surface area contributed by atoms with Gasteiger partial charge in [0.1, 0.15) is 0 Å². The highest BCUT2D eigenvalue weighted by Crippen LogP contribution is 2.03. The Morgan fingerprint density at radius 3 is 2.58 bits per heavy atom. The predicted octanol–water partition coefficient (Wildman–Crippen LogP) is -0.0458. The van der Waals surface area contributed by atoms with E-state index in [4.69, 9.17) is 5.73 Å². The second-order valence-corrected chi connectivity index (χ2v) is 3.20. The van der Waals surface area contributed by atoms with Crippen molar-refractivity contribution in [2.75, 3.05) is 20.6 Å². The maximum absolute atomic E-state index is 11.3. The molecule has 0 aliphatic carbocycles. The minimum absolute atomic E-state index is 0.0518. The number of carbonyl (C=O) groups excluding carboxylic acids is 1. The Labute approximate surface area is 74.1 Å². The van der Waals surface area contributed by atoms with Gasteiger partial charge in [0.05, 0.1) is 0 Å². The van der Waals surface area contributed by atoms with Crippen LogP contribution >= 0.6 is 0 Å². The highest BCUT2D eigenvalue weighted by Gasteiger charge is 2.11. The Kier molecular flexibility index (Phi) is 5.66. The Morgan fingerprint density at radius 2 is 2.17 bits per heavy atom. The standard InChI is InChI=1S/C8H19N3O/c1-7(5-4-6-9)8(12)10-11(2)3/h7H,4-6,9H2,1-3H3,(H,10,12). The molecule has 1 amide bonds. The second-order valence-electron chi connectivity index (χ2n) is 3.20. The molecule has 3 N–H and O–H groups in total. The van der Waals surface area contributed by atoms with Gasteiger partial charge in [-0.25, -0.2) is 5.01 Å². The van der Waals surface area contributed by atoms with Crippen LogP contribution in [0.25, 0.3) is 0 Å². The zero-order chi connectivity index (χ0) is 9.56. The Bertz CT molecular complexity index is 136. The molecular weight excluding hydrogens is 154 g/mol. The van der Waals surface area contributed by atoms with Gasteiger partial charge >= 0.3 is 0 Å². The first-order valence-corrected chi connectivity index (χ1v) is 4.25. The van der Waals surface area contributed by atoms with E-state index in [1.165, 1.54) is 0 Å². The minimum atomic E-state index is 0.0518. The first kappa shape index (κ1) is 11.4. The molecule has 0 aromatic rings. The summed E-state index contributed by atoms with van der Waals surface area (Å²) >= 11 is 0. The number of hydrazine groups is 1. The molecule has 0 aromatic carbocycles. The molecule has 0 bridgehead atoms. The second kappa shape index (κ2) is 5.97. The molecule has 0 heterocycles. The van der Waals surface area contributed by atoms with E-state index in [-0.39, 0.29) is 11.8 Å². The van der Waals surface area contributed by atoms with Crippen LogP contribution in [0.2, 0.25) is 0 Å². The molecule has 4 nitrogen and oxygen atoms in total. The summed E-state index contributed by atoms with van der Waals surface area (Å²) in [5, 5.41) is 1.65. The Hall–Kier alpha value is -0.610. The summed E-state index contributed by atoms with van der Waals surface area (Å²) in [5.74, 6) is 0.115. The fourth-order valence-corrected chi connectivity index (χ4v) is 0.886. The van der Waals surface area contributed by atoms with Crippen LogP contribution in [0.5, 0.6) is 0 Å². The molecule has 1 unspecified atom stereocenters. The number of nitrogens with zero attached hydrogens (tertiary/aromatic N) is 1. The largest absolute Gasteiger partial charge is 0.330 e. The van der Waals surface area contributed by atoms with Crippen molar-refractivity contribution in [2.24, 2.45) is 11.7 Å². The zero-order valence-corrected chi connectivity index (χ0v) is 8.13. The summed E-state index contributed by atoms with van der Waals surface area (Å²) < 4.78 is 0. The van der Waals surface area contributed by atoms with Crippen molar-refractivity contribution in [1.29, 1.82) is 0 Å². The first-order chi connectivity index (χ1) is 5.57. The Morgan fingerprint density at radius 1 is 1.58 bits per heavy atom. The van der Waals surface area contributed by atoms with Crippen LogP contribution < -0.4 is 11.2 Å². The molecule has 0 aromatic heterocycles. The molecule has 0 aliphatic rings. The zero-order valence-electron chi connectivity index (χ0n) is 8.13. The van der Waals surface area contributed by atoms with Gasteiger partial charge in [0, 0.05) is 20.0 Å². The first-order valence-electron chi connectivity index (χ1n) is 4.25. The lowest BCUT2D eigenvalue weighted by molar-refractivity contribution is -0.128. The van der Waals surface area contributed by atoms with E-state index in [2.05, 4.69) is 5.43 Å². The molecule has 0 aliphatic heterocycles. The lowest BCUT2D eigenvalue weighted by Crippen LogP contribution is -2.39. The molecule has 0 saturated heterocycles. The normalized spacial score (nSPS) is 13.1. The lowest BCUT2D eigenvalue weighted by atomic mass is 10.1. The predicted molar refractivity (Wildman–Crippen MR) is 49.3 cm³/mol. The molecule has 1 atom stereocenters. The van der Waals surface area contributed by atoms with Crippen LogP contribution in [0.1, 0.15) is 19.8 Å². The quantitative estimate of drug-likeness (QED) is 0.573. The summed E-state index contributed by atoms with van der Waals surface area (Å²) in [6, 6.07) is 0. The molecular formula is C8H19N3O. The molecule has 0 saturated carbocycles. The van der Waals surface area contributed by atoms with Gasteiger partial charge in [-0.1, -0.05) is 6.92 Å². The number of hydrogen-bond acceptors (Lipinski definition) is 3. The van der Waals surface area contributed by atoms with E-state index in [0.29, 0.717) is 6.54 Å². The number of rotatable bonds is 5. The van der Waals surface area contributed by atoms with Gasteiger partial charge in [0.15, 0.2) is 0 Å². The fraction of sp³-hybridized carbons (Fsp3) is 0.875. The van der Waals surface area contributed by atoms with Gasteiger partial charge in [-0.3, -0.25) is 10.2 Å². The number of hydrogen-bond donors (Lipinski definition) is 2. The van der Waals surface area contributed by atoms with Crippen molar-refractivity contribution < 1.29 is 4.79 Å². The van der Waals surface area contributed by atoms with E-state index in [1.807, 2.05) is 6.92 Å². The van der Waals surface area contributed by atoms with E-state index in [1.54, 1.807) is 19.1 Å². The van der Waals surface area contributed by atoms with E-state index < -0.39 is 0 Å². The van der Waals surface area contributed by atoms with Gasteiger partial charge < -0.3 is 5.73 Å². The number of amides is 1. The van der Waals surface area contributed by atoms with Gasteiger partial charge in [-0.2, -0.15) is 0 Å². The summed E-state index contributed by atoms with van der Waals surface area (Å²) in [5.41, 5.74) is 8.04. The van der Waals surface area contributed by atoms with Crippen LogP contribution in [0.3, 0.4) is 0 Å². The third kappa shape index (κ3) is 5.09. The minimum Gasteiger partial charge on any atom is -0.330 e. The van der Waals surface area contributed by atoms with E-state index in [0.717, 1.165) is 12.8 Å². The lowest BCUT2D eigenvalue weighted by Gasteiger charge is -2.15. The maximum Gasteiger partial charge on any atom is 0.237 e. The van der Waals surface area contributed by atoms with Gasteiger partial charge in [0.2, 0.25) is 5.91 Å². The smallest absolute Gasteiger partial charge is 0.237 e. The number of nitrogens with one attached hydrogen (secondary N) is 1. The summed E-state index contributed by atoms with van der Waals surface area (Å²) in [6.45, 7) is 2.56. The van der Waals surface area contributed by atoms with Crippen LogP contribution in [0.15, 0.2) is 0 Å². The van der Waals surface area contributed by atoms with Crippen molar-refractivity contribution >= 4 is 5.91 Å². The van der Waals surface area contributed by atoms with Crippen molar-refractivity contribution in [3.05, 3.63) is 0 Å². The maximum atomic E-state index is 11.3. The van der Waals surface area contributed by atoms with Gasteiger partial charge in [0.25, 0.3) is 0 Å². The SMILES string of the molecule is CC(CCCN)C(=O)NN(C)C. The monoisotopic (exact) mass is 173 g/mol. The van der Waals surface area contributed by atoms with Crippen LogP contribution in [-0.4, -0.2) is 31.6 Å². The number of carbonyl (C=O) groups is 1. The van der Waals surface area contributed by atoms with E-state index in [9.17, 15) is 4.79 Å². The Balaban J connectivity index is 3.61. The van der Waals surface area contributed by atoms with Crippen molar-refractivity contribution in [2.45, 2.75) is 19.8 Å². The third-order valence-corrected chi connectivity index (χ3v) is 1.62. The molecule has 0 radical (unpaired) electrons. The molecule has 0 spiro atoms. The highest BCUT2D eigenvalue weighted by molar-refractivity contribution is 5.77. The topological polar surface area (TPSA) is 58.4 Å². The summed E-state index contributed by atoms with van der Waals surface area (Å²) in [6.07, 6.45) is 1.76. The molecule has 4 heteroatoms. The van der Waals surface area contributed by atoms with Gasteiger partial charge in [-0.05, 0) is 19.4 Å². The van der Waals surface area contributed by atoms with Crippen LogP contribution in [-0.2, 0) is 4.79 Å². The molecule has 12 heavy (non-hydrogen) atoms. The fourth-order valence-electron chi connectivity index (χ4n) is 0.886. The average molecular weight is 173 g/mol. The van der Waals surface area contributed by atoms with Crippen molar-refractivity contribution in [3.8, 4) is 0 Å². The van der Waals surface area contributed by atoms with Crippen molar-refractivity contribution in [1.82, 2.24) is 10.4 Å². The van der Waals surface area contributed by atoms with E-state index >= 15 is 0 Å². The van der Waals surface area contributed by atoms with Crippen LogP contribution in [0.4, 0.5) is 0 Å². The molecule has 0 fully saturated rings. The van der Waals surface area contributed by atoms with Gasteiger partial charge in [-0.15, -0.1) is 0 Å². The highest BCUT2D eigenvalue weighted by atomic mass is 16.2. The molecule has 0 rings (SSSR count). The third-order valence-electron chi connectivity index (χ3n) is 1.62. The number of nitrogens with two attached hydrogens (primary N) is 1.